The van der Waals surface area contributed by atoms with Gasteiger partial charge >= 0.3 is 0 Å². The molecule has 8 rings (SSSR count). The molecular formula is C41H47F2N5O3. The van der Waals surface area contributed by atoms with Crippen molar-refractivity contribution in [1.29, 1.82) is 0 Å². The Balaban J connectivity index is 1.18. The molecule has 4 aromatic rings. The van der Waals surface area contributed by atoms with Crippen LogP contribution in [0.15, 0.2) is 30.5 Å². The Morgan fingerprint density at radius 1 is 0.980 bits per heavy atom. The lowest BCUT2D eigenvalue weighted by atomic mass is 9.70. The van der Waals surface area contributed by atoms with Crippen LogP contribution in [-0.4, -0.2) is 83.6 Å². The number of rotatable bonds is 7. The summed E-state index contributed by atoms with van der Waals surface area (Å²) < 4.78 is 43.5. The number of anilines is 1. The standard InChI is InChI=1S/C41H47F2N5O3/c1-3-29-32(42)9-8-27-23-28(49)24-30(35(27)29)37-36(43)38-31(25-44-37)39(47-17-6-19-50-22-18-47)46-34(45-38)10-13-41-11-4-7-33(41)48(16-5-12-41)26-40(2)14-20-51-21-15-40/h1,8-9,23-25,33,49H,4-7,10-22,26H2,2H3. The lowest BCUT2D eigenvalue weighted by Gasteiger charge is -2.50. The monoisotopic (exact) mass is 695 g/mol. The van der Waals surface area contributed by atoms with Crippen molar-refractivity contribution in [1.82, 2.24) is 19.9 Å². The molecule has 0 amide bonds. The number of fused-ring (bicyclic) bond motifs is 3. The van der Waals surface area contributed by atoms with Crippen molar-refractivity contribution in [2.24, 2.45) is 10.8 Å². The maximum Gasteiger partial charge on any atom is 0.175 e. The van der Waals surface area contributed by atoms with Crippen molar-refractivity contribution < 1.29 is 23.4 Å². The molecule has 0 radical (unpaired) electrons. The normalized spacial score (nSPS) is 24.0. The van der Waals surface area contributed by atoms with E-state index in [2.05, 4.69) is 27.6 Å². The predicted octanol–water partition coefficient (Wildman–Crippen LogP) is 7.42. The number of aryl methyl sites for hydroxylation is 1. The SMILES string of the molecule is C#Cc1c(F)ccc2cc(O)cc(-c3ncc4c(N5CCCOCC5)nc(CCC56CCCC5N(CC5(C)CCOCC5)CCC6)nc4c3F)c12. The van der Waals surface area contributed by atoms with Gasteiger partial charge in [-0.3, -0.25) is 9.88 Å². The smallest absolute Gasteiger partial charge is 0.175 e. The van der Waals surface area contributed by atoms with Gasteiger partial charge in [0.2, 0.25) is 0 Å². The highest BCUT2D eigenvalue weighted by molar-refractivity contribution is 6.03. The number of phenols is 1. The second-order valence-corrected chi connectivity index (χ2v) is 15.5. The first kappa shape index (κ1) is 34.2. The number of hydrogen-bond donors (Lipinski definition) is 1. The molecule has 2 aromatic carbocycles. The van der Waals surface area contributed by atoms with Crippen molar-refractivity contribution >= 4 is 27.5 Å². The zero-order chi connectivity index (χ0) is 35.2. The molecule has 3 aliphatic heterocycles. The number of likely N-dealkylation sites (tertiary alicyclic amines) is 1. The Morgan fingerprint density at radius 2 is 1.80 bits per heavy atom. The third kappa shape index (κ3) is 6.42. The number of benzene rings is 2. The van der Waals surface area contributed by atoms with E-state index in [1.807, 2.05) is 0 Å². The Bertz CT molecular complexity index is 1980. The van der Waals surface area contributed by atoms with Gasteiger partial charge in [-0.25, -0.2) is 18.7 Å². The zero-order valence-corrected chi connectivity index (χ0v) is 29.5. The molecule has 0 bridgehead atoms. The van der Waals surface area contributed by atoms with Crippen LogP contribution in [0, 0.1) is 34.8 Å². The molecule has 1 aliphatic carbocycles. The van der Waals surface area contributed by atoms with Crippen molar-refractivity contribution in [3.63, 3.8) is 0 Å². The van der Waals surface area contributed by atoms with E-state index in [1.165, 1.54) is 56.4 Å². The molecule has 4 fully saturated rings. The summed E-state index contributed by atoms with van der Waals surface area (Å²) in [5, 5.41) is 12.0. The van der Waals surface area contributed by atoms with Gasteiger partial charge in [0.25, 0.3) is 0 Å². The summed E-state index contributed by atoms with van der Waals surface area (Å²) in [7, 11) is 0. The molecule has 10 heteroatoms. The first-order valence-corrected chi connectivity index (χ1v) is 18.7. The summed E-state index contributed by atoms with van der Waals surface area (Å²) in [5.74, 6) is 2.36. The van der Waals surface area contributed by atoms with Crippen LogP contribution in [0.4, 0.5) is 14.6 Å². The van der Waals surface area contributed by atoms with Gasteiger partial charge in [-0.1, -0.05) is 25.3 Å². The highest BCUT2D eigenvalue weighted by atomic mass is 19.1. The molecule has 268 valence electrons. The number of halogens is 2. The predicted molar refractivity (Wildman–Crippen MR) is 195 cm³/mol. The molecular weight excluding hydrogens is 648 g/mol. The van der Waals surface area contributed by atoms with Crippen molar-refractivity contribution in [2.45, 2.75) is 77.2 Å². The number of ether oxygens (including phenoxy) is 2. The lowest BCUT2D eigenvalue weighted by Crippen LogP contribution is -2.53. The van der Waals surface area contributed by atoms with Crippen LogP contribution in [0.25, 0.3) is 32.9 Å². The van der Waals surface area contributed by atoms with E-state index in [0.29, 0.717) is 60.0 Å². The third-order valence-electron chi connectivity index (χ3n) is 12.2. The Kier molecular flexibility index (Phi) is 9.32. The van der Waals surface area contributed by atoms with Crippen LogP contribution in [0.5, 0.6) is 5.75 Å². The summed E-state index contributed by atoms with van der Waals surface area (Å²) in [6, 6.07) is 6.20. The average molecular weight is 696 g/mol. The van der Waals surface area contributed by atoms with E-state index in [-0.39, 0.29) is 38.9 Å². The van der Waals surface area contributed by atoms with Crippen LogP contribution in [0.3, 0.4) is 0 Å². The van der Waals surface area contributed by atoms with Crippen LogP contribution in [-0.2, 0) is 15.9 Å². The topological polar surface area (TPSA) is 83.8 Å². The molecule has 5 heterocycles. The Morgan fingerprint density at radius 3 is 2.65 bits per heavy atom. The van der Waals surface area contributed by atoms with E-state index in [4.69, 9.17) is 25.9 Å². The molecule has 4 aliphatic rings. The number of aromatic nitrogens is 3. The van der Waals surface area contributed by atoms with E-state index in [1.54, 1.807) is 6.20 Å². The van der Waals surface area contributed by atoms with Crippen LogP contribution in [0.1, 0.15) is 76.1 Å². The quantitative estimate of drug-likeness (QED) is 0.200. The number of pyridine rings is 1. The fraction of sp³-hybridized carbons (Fsp3) is 0.537. The molecule has 0 spiro atoms. The Hall–Kier alpha value is -3.91. The van der Waals surface area contributed by atoms with E-state index < -0.39 is 11.6 Å². The molecule has 1 N–H and O–H groups in total. The Labute approximate surface area is 298 Å². The van der Waals surface area contributed by atoms with Crippen molar-refractivity contribution in [3.05, 3.63) is 53.5 Å². The van der Waals surface area contributed by atoms with E-state index >= 15 is 4.39 Å². The van der Waals surface area contributed by atoms with Gasteiger partial charge < -0.3 is 19.5 Å². The first-order chi connectivity index (χ1) is 24.8. The molecule has 2 aromatic heterocycles. The van der Waals surface area contributed by atoms with Gasteiger partial charge in [0.1, 0.15) is 34.4 Å². The summed E-state index contributed by atoms with van der Waals surface area (Å²) >= 11 is 0. The van der Waals surface area contributed by atoms with Crippen molar-refractivity contribution in [3.8, 4) is 29.4 Å². The maximum atomic E-state index is 17.0. The first-order valence-electron chi connectivity index (χ1n) is 18.7. The van der Waals surface area contributed by atoms with Crippen molar-refractivity contribution in [2.75, 3.05) is 57.5 Å². The van der Waals surface area contributed by atoms with Gasteiger partial charge in [-0.15, -0.1) is 6.42 Å². The summed E-state index contributed by atoms with van der Waals surface area (Å²) in [4.78, 5) is 19.6. The molecule has 8 nitrogen and oxygen atoms in total. The summed E-state index contributed by atoms with van der Waals surface area (Å²) in [6.07, 6.45) is 18.0. The largest absolute Gasteiger partial charge is 0.508 e. The van der Waals surface area contributed by atoms with Crippen LogP contribution < -0.4 is 4.90 Å². The van der Waals surface area contributed by atoms with E-state index in [9.17, 15) is 9.50 Å². The summed E-state index contributed by atoms with van der Waals surface area (Å²) in [5.41, 5.74) is 0.809. The minimum absolute atomic E-state index is 0.00450. The minimum Gasteiger partial charge on any atom is -0.508 e. The number of nitrogens with zero attached hydrogens (tertiary/aromatic N) is 5. The van der Waals surface area contributed by atoms with Gasteiger partial charge in [0.05, 0.1) is 17.6 Å². The molecule has 2 atom stereocenters. The lowest BCUT2D eigenvalue weighted by molar-refractivity contribution is -0.0350. The molecule has 3 saturated heterocycles. The fourth-order valence-corrected chi connectivity index (χ4v) is 9.59. The van der Waals surface area contributed by atoms with Gasteiger partial charge in [0.15, 0.2) is 5.82 Å². The number of terminal acetylenes is 1. The minimum atomic E-state index is -0.645. The second-order valence-electron chi connectivity index (χ2n) is 15.5. The number of phenolic OH excluding ortho intramolecular Hbond substituents is 1. The molecule has 2 unspecified atom stereocenters. The van der Waals surface area contributed by atoms with E-state index in [0.717, 1.165) is 58.5 Å². The fourth-order valence-electron chi connectivity index (χ4n) is 9.59. The number of hydrogen-bond acceptors (Lipinski definition) is 8. The van der Waals surface area contributed by atoms with Gasteiger partial charge in [-0.05, 0) is 92.3 Å². The highest BCUT2D eigenvalue weighted by Crippen LogP contribution is 2.51. The average Bonchev–Trinajstić information content (AvgIpc) is 3.38. The van der Waals surface area contributed by atoms with Gasteiger partial charge in [-0.2, -0.15) is 0 Å². The molecule has 51 heavy (non-hydrogen) atoms. The maximum absolute atomic E-state index is 17.0. The third-order valence-corrected chi connectivity index (χ3v) is 12.2. The summed E-state index contributed by atoms with van der Waals surface area (Å²) in [6.45, 7) is 8.96. The van der Waals surface area contributed by atoms with Gasteiger partial charge in [0, 0.05) is 69.1 Å². The van der Waals surface area contributed by atoms with Crippen LogP contribution in [0.2, 0.25) is 0 Å². The number of piperidine rings is 1. The van der Waals surface area contributed by atoms with Crippen LogP contribution >= 0.6 is 0 Å². The molecule has 1 saturated carbocycles. The second kappa shape index (κ2) is 13.9. The highest BCUT2D eigenvalue weighted by Gasteiger charge is 2.48. The number of aromatic hydroxyl groups is 1. The zero-order valence-electron chi connectivity index (χ0n) is 29.5.